The fourth-order valence-corrected chi connectivity index (χ4v) is 3.51. The third-order valence-corrected chi connectivity index (χ3v) is 4.97. The van der Waals surface area contributed by atoms with Gasteiger partial charge in [0.25, 0.3) is 0 Å². The summed E-state index contributed by atoms with van der Waals surface area (Å²) < 4.78 is 0. The smallest absolute Gasteiger partial charge is 0.231 e. The van der Waals surface area contributed by atoms with E-state index in [9.17, 15) is 9.90 Å². The zero-order valence-corrected chi connectivity index (χ0v) is 14.4. The maximum Gasteiger partial charge on any atom is 0.231 e. The summed E-state index contributed by atoms with van der Waals surface area (Å²) in [6, 6.07) is 19.0. The van der Waals surface area contributed by atoms with Crippen molar-refractivity contribution in [1.82, 2.24) is 0 Å². The Balaban J connectivity index is 1.73. The van der Waals surface area contributed by atoms with Gasteiger partial charge >= 0.3 is 0 Å². The summed E-state index contributed by atoms with van der Waals surface area (Å²) in [7, 11) is 1.77. The van der Waals surface area contributed by atoms with Gasteiger partial charge in [-0.1, -0.05) is 54.1 Å². The van der Waals surface area contributed by atoms with Crippen LogP contribution in [0.25, 0.3) is 22.3 Å². The van der Waals surface area contributed by atoms with E-state index in [1.807, 2.05) is 48.5 Å². The fraction of sp³-hybridized carbons (Fsp3) is 0.0952. The number of amides is 1. The summed E-state index contributed by atoms with van der Waals surface area (Å²) in [4.78, 5) is 13.5. The molecule has 1 amide bonds. The molecule has 0 aliphatic carbocycles. The molecule has 0 fully saturated rings. The Morgan fingerprint density at radius 2 is 1.60 bits per heavy atom. The van der Waals surface area contributed by atoms with Crippen molar-refractivity contribution in [3.8, 4) is 28.0 Å². The Bertz CT molecular complexity index is 980. The molecule has 0 unspecified atom stereocenters. The number of nitrogens with zero attached hydrogens (tertiary/aromatic N) is 1. The molecule has 4 rings (SSSR count). The number of benzene rings is 3. The summed E-state index contributed by atoms with van der Waals surface area (Å²) in [5.41, 5.74) is 5.50. The number of rotatable bonds is 2. The molecule has 124 valence electrons. The third kappa shape index (κ3) is 2.67. The van der Waals surface area contributed by atoms with Crippen LogP contribution in [0.1, 0.15) is 5.56 Å². The molecule has 0 radical (unpaired) electrons. The van der Waals surface area contributed by atoms with Gasteiger partial charge in [-0.15, -0.1) is 0 Å². The number of aromatic hydroxyl groups is 1. The number of likely N-dealkylation sites (N-methyl/N-ethyl adjacent to an activating group) is 1. The predicted molar refractivity (Wildman–Crippen MR) is 101 cm³/mol. The molecule has 4 heteroatoms. The second-order valence-corrected chi connectivity index (χ2v) is 6.59. The normalized spacial score (nSPS) is 13.2. The molecule has 3 aromatic rings. The van der Waals surface area contributed by atoms with Crippen LogP contribution in [0.5, 0.6) is 5.75 Å². The van der Waals surface area contributed by atoms with Gasteiger partial charge in [0.1, 0.15) is 5.75 Å². The number of carbonyl (C=O) groups excluding carboxylic acids is 1. The van der Waals surface area contributed by atoms with E-state index in [-0.39, 0.29) is 11.7 Å². The SMILES string of the molecule is CN1C(=O)Cc2cc(-c3ccc(-c4ccccc4O)cc3)c(Cl)cc21. The first-order valence-electron chi connectivity index (χ1n) is 8.02. The van der Waals surface area contributed by atoms with E-state index in [1.165, 1.54) is 0 Å². The van der Waals surface area contributed by atoms with Crippen molar-refractivity contribution in [2.45, 2.75) is 6.42 Å². The first-order valence-corrected chi connectivity index (χ1v) is 8.40. The molecule has 0 atom stereocenters. The molecule has 0 spiro atoms. The third-order valence-electron chi connectivity index (χ3n) is 4.66. The minimum absolute atomic E-state index is 0.0816. The lowest BCUT2D eigenvalue weighted by atomic mass is 9.98. The molecular weight excluding hydrogens is 334 g/mol. The first kappa shape index (κ1) is 15.7. The number of fused-ring (bicyclic) bond motifs is 1. The van der Waals surface area contributed by atoms with Crippen LogP contribution in [0.4, 0.5) is 5.69 Å². The Morgan fingerprint density at radius 1 is 0.960 bits per heavy atom. The lowest BCUT2D eigenvalue weighted by Gasteiger charge is -2.13. The second-order valence-electron chi connectivity index (χ2n) is 6.18. The minimum atomic E-state index is 0.0816. The van der Waals surface area contributed by atoms with E-state index in [2.05, 4.69) is 0 Å². The monoisotopic (exact) mass is 349 g/mol. The van der Waals surface area contributed by atoms with E-state index < -0.39 is 0 Å². The molecule has 25 heavy (non-hydrogen) atoms. The van der Waals surface area contributed by atoms with Crippen molar-refractivity contribution in [1.29, 1.82) is 0 Å². The number of para-hydroxylation sites is 1. The summed E-state index contributed by atoms with van der Waals surface area (Å²) in [6.07, 6.45) is 0.409. The van der Waals surface area contributed by atoms with Crippen LogP contribution in [0.3, 0.4) is 0 Å². The van der Waals surface area contributed by atoms with Crippen molar-refractivity contribution in [2.24, 2.45) is 0 Å². The van der Waals surface area contributed by atoms with E-state index in [4.69, 9.17) is 11.6 Å². The van der Waals surface area contributed by atoms with Crippen LogP contribution in [-0.2, 0) is 11.2 Å². The Labute approximate surface area is 151 Å². The first-order chi connectivity index (χ1) is 12.0. The lowest BCUT2D eigenvalue weighted by Crippen LogP contribution is -2.20. The van der Waals surface area contributed by atoms with Crippen molar-refractivity contribution in [3.05, 3.63) is 71.2 Å². The number of hydrogen-bond acceptors (Lipinski definition) is 2. The van der Waals surface area contributed by atoms with Crippen LogP contribution in [0.2, 0.25) is 5.02 Å². The zero-order chi connectivity index (χ0) is 17.6. The second kappa shape index (κ2) is 5.94. The quantitative estimate of drug-likeness (QED) is 0.715. The van der Waals surface area contributed by atoms with Crippen molar-refractivity contribution < 1.29 is 9.90 Å². The summed E-state index contributed by atoms with van der Waals surface area (Å²) in [6.45, 7) is 0. The van der Waals surface area contributed by atoms with E-state index in [1.54, 1.807) is 24.1 Å². The highest BCUT2D eigenvalue weighted by Gasteiger charge is 2.25. The summed E-state index contributed by atoms with van der Waals surface area (Å²) >= 11 is 6.46. The molecule has 0 aromatic heterocycles. The van der Waals surface area contributed by atoms with Crippen LogP contribution >= 0.6 is 11.6 Å². The van der Waals surface area contributed by atoms with Gasteiger partial charge < -0.3 is 10.0 Å². The maximum atomic E-state index is 11.9. The van der Waals surface area contributed by atoms with Gasteiger partial charge in [0.15, 0.2) is 0 Å². The number of phenolic OH excluding ortho intramolecular Hbond substituents is 1. The van der Waals surface area contributed by atoms with Gasteiger partial charge in [0.2, 0.25) is 5.91 Å². The summed E-state index contributed by atoms with van der Waals surface area (Å²) in [5, 5.41) is 10.6. The molecule has 3 nitrogen and oxygen atoms in total. The van der Waals surface area contributed by atoms with E-state index >= 15 is 0 Å². The maximum absolute atomic E-state index is 11.9. The van der Waals surface area contributed by atoms with Crippen molar-refractivity contribution in [2.75, 3.05) is 11.9 Å². The van der Waals surface area contributed by atoms with Crippen LogP contribution in [0.15, 0.2) is 60.7 Å². The molecule has 0 saturated carbocycles. The van der Waals surface area contributed by atoms with E-state index in [0.29, 0.717) is 11.4 Å². The van der Waals surface area contributed by atoms with Crippen molar-refractivity contribution >= 4 is 23.2 Å². The molecule has 0 bridgehead atoms. The summed E-state index contributed by atoms with van der Waals surface area (Å²) in [5.74, 6) is 0.338. The van der Waals surface area contributed by atoms with Crippen LogP contribution in [-0.4, -0.2) is 18.1 Å². The Kier molecular flexibility index (Phi) is 3.74. The standard InChI is InChI=1S/C21H16ClNO2/c1-23-19-12-18(22)17(10-15(19)11-21(23)25)14-8-6-13(7-9-14)16-4-2-3-5-20(16)24/h2-10,12,24H,11H2,1H3. The number of anilines is 1. The van der Waals surface area contributed by atoms with Gasteiger partial charge in [-0.2, -0.15) is 0 Å². The van der Waals surface area contributed by atoms with Gasteiger partial charge in [-0.25, -0.2) is 0 Å². The largest absolute Gasteiger partial charge is 0.507 e. The number of hydrogen-bond donors (Lipinski definition) is 1. The minimum Gasteiger partial charge on any atom is -0.507 e. The topological polar surface area (TPSA) is 40.5 Å². The molecule has 1 N–H and O–H groups in total. The average Bonchev–Trinajstić information content (AvgIpc) is 2.89. The Hall–Kier alpha value is -2.78. The van der Waals surface area contributed by atoms with Crippen LogP contribution in [0, 0.1) is 0 Å². The Morgan fingerprint density at radius 3 is 2.28 bits per heavy atom. The van der Waals surface area contributed by atoms with Gasteiger partial charge in [-0.05, 0) is 34.9 Å². The van der Waals surface area contributed by atoms with E-state index in [0.717, 1.165) is 33.5 Å². The van der Waals surface area contributed by atoms with Gasteiger partial charge in [0.05, 0.1) is 11.4 Å². The predicted octanol–water partition coefficient (Wildman–Crippen LogP) is 4.90. The van der Waals surface area contributed by atoms with Gasteiger partial charge in [0, 0.05) is 23.9 Å². The van der Waals surface area contributed by atoms with Crippen LogP contribution < -0.4 is 4.90 Å². The highest BCUT2D eigenvalue weighted by atomic mass is 35.5. The molecular formula is C21H16ClNO2. The molecule has 3 aromatic carbocycles. The van der Waals surface area contributed by atoms with Gasteiger partial charge in [-0.3, -0.25) is 4.79 Å². The zero-order valence-electron chi connectivity index (χ0n) is 13.7. The molecule has 1 aliphatic heterocycles. The van der Waals surface area contributed by atoms with Crippen molar-refractivity contribution in [3.63, 3.8) is 0 Å². The molecule has 1 aliphatic rings. The fourth-order valence-electron chi connectivity index (χ4n) is 3.25. The highest BCUT2D eigenvalue weighted by Crippen LogP contribution is 2.38. The number of phenols is 1. The molecule has 0 saturated heterocycles. The highest BCUT2D eigenvalue weighted by molar-refractivity contribution is 6.34. The number of halogens is 1. The number of carbonyl (C=O) groups is 1. The lowest BCUT2D eigenvalue weighted by molar-refractivity contribution is -0.117. The molecule has 1 heterocycles. The average molecular weight is 350 g/mol.